The Bertz CT molecular complexity index is 712. The van der Waals surface area contributed by atoms with Crippen LogP contribution in [0.25, 0.3) is 10.8 Å². The first kappa shape index (κ1) is 13.5. The van der Waals surface area contributed by atoms with Gasteiger partial charge in [-0.15, -0.1) is 0 Å². The van der Waals surface area contributed by atoms with Crippen molar-refractivity contribution in [2.24, 2.45) is 5.92 Å². The highest BCUT2D eigenvalue weighted by Gasteiger charge is 2.34. The fraction of sp³-hybridized carbons (Fsp3) is 0.333. The van der Waals surface area contributed by atoms with Crippen molar-refractivity contribution < 1.29 is 9.59 Å². The summed E-state index contributed by atoms with van der Waals surface area (Å²) < 4.78 is 0. The minimum Gasteiger partial charge on any atom is -0.317 e. The van der Waals surface area contributed by atoms with E-state index in [1.54, 1.807) is 0 Å². The molecule has 4 nitrogen and oxygen atoms in total. The fourth-order valence-electron chi connectivity index (χ4n) is 3.57. The van der Waals surface area contributed by atoms with Crippen molar-refractivity contribution in [2.75, 3.05) is 19.6 Å². The summed E-state index contributed by atoms with van der Waals surface area (Å²) in [7, 11) is 0. The van der Waals surface area contributed by atoms with Gasteiger partial charge in [0, 0.05) is 23.1 Å². The van der Waals surface area contributed by atoms with Gasteiger partial charge < -0.3 is 5.32 Å². The van der Waals surface area contributed by atoms with Crippen molar-refractivity contribution in [3.8, 4) is 0 Å². The molecule has 0 unspecified atom stereocenters. The van der Waals surface area contributed by atoms with Gasteiger partial charge in [-0.1, -0.05) is 24.3 Å². The maximum atomic E-state index is 12.8. The molecule has 4 rings (SSSR count). The molecule has 112 valence electrons. The Balaban J connectivity index is 1.75. The topological polar surface area (TPSA) is 49.4 Å². The molecule has 0 saturated carbocycles. The van der Waals surface area contributed by atoms with Crippen molar-refractivity contribution in [1.29, 1.82) is 0 Å². The Morgan fingerprint density at radius 1 is 0.955 bits per heavy atom. The molecule has 2 heterocycles. The van der Waals surface area contributed by atoms with Gasteiger partial charge in [-0.25, -0.2) is 0 Å². The number of hydrogen-bond acceptors (Lipinski definition) is 3. The Hall–Kier alpha value is -2.20. The number of hydrogen-bond donors (Lipinski definition) is 1. The van der Waals surface area contributed by atoms with Gasteiger partial charge in [0.25, 0.3) is 11.8 Å². The normalized spacial score (nSPS) is 19.0. The average molecular weight is 294 g/mol. The molecule has 22 heavy (non-hydrogen) atoms. The third kappa shape index (κ3) is 2.03. The predicted octanol–water partition coefficient (Wildman–Crippen LogP) is 2.44. The summed E-state index contributed by atoms with van der Waals surface area (Å²) in [5.41, 5.74) is 1.31. The molecule has 0 aromatic heterocycles. The van der Waals surface area contributed by atoms with Crippen LogP contribution >= 0.6 is 0 Å². The first-order valence-electron chi connectivity index (χ1n) is 7.84. The molecular weight excluding hydrogens is 276 g/mol. The zero-order valence-corrected chi connectivity index (χ0v) is 12.3. The number of piperidine rings is 1. The lowest BCUT2D eigenvalue weighted by Crippen LogP contribution is -2.44. The molecule has 0 atom stereocenters. The zero-order chi connectivity index (χ0) is 15.1. The van der Waals surface area contributed by atoms with Crippen LogP contribution in [0.2, 0.25) is 0 Å². The van der Waals surface area contributed by atoms with E-state index < -0.39 is 0 Å². The largest absolute Gasteiger partial charge is 0.317 e. The minimum absolute atomic E-state index is 0.146. The minimum atomic E-state index is -0.146. The first-order valence-corrected chi connectivity index (χ1v) is 7.84. The predicted molar refractivity (Wildman–Crippen MR) is 84.9 cm³/mol. The summed E-state index contributed by atoms with van der Waals surface area (Å²) in [5, 5.41) is 5.08. The maximum Gasteiger partial charge on any atom is 0.261 e. The van der Waals surface area contributed by atoms with E-state index in [4.69, 9.17) is 0 Å². The van der Waals surface area contributed by atoms with E-state index in [0.717, 1.165) is 36.7 Å². The first-order chi connectivity index (χ1) is 10.8. The van der Waals surface area contributed by atoms with Crippen LogP contribution in [0.15, 0.2) is 36.4 Å². The average Bonchev–Trinajstić information content (AvgIpc) is 2.57. The molecule has 2 aliphatic heterocycles. The van der Waals surface area contributed by atoms with Crippen LogP contribution in [0.4, 0.5) is 0 Å². The lowest BCUT2D eigenvalue weighted by atomic mass is 9.92. The van der Waals surface area contributed by atoms with Crippen molar-refractivity contribution in [2.45, 2.75) is 12.8 Å². The monoisotopic (exact) mass is 294 g/mol. The third-order valence-electron chi connectivity index (χ3n) is 4.76. The Kier molecular flexibility index (Phi) is 3.19. The van der Waals surface area contributed by atoms with Gasteiger partial charge in [0.1, 0.15) is 0 Å². The highest BCUT2D eigenvalue weighted by Crippen LogP contribution is 2.30. The highest BCUT2D eigenvalue weighted by molar-refractivity contribution is 6.25. The molecule has 2 aromatic rings. The number of imide groups is 1. The summed E-state index contributed by atoms with van der Waals surface area (Å²) in [6.07, 6.45) is 2.03. The molecule has 4 heteroatoms. The molecule has 0 spiro atoms. The molecule has 1 N–H and O–H groups in total. The quantitative estimate of drug-likeness (QED) is 0.866. The highest BCUT2D eigenvalue weighted by atomic mass is 16.2. The van der Waals surface area contributed by atoms with Gasteiger partial charge in [-0.3, -0.25) is 14.5 Å². The number of nitrogens with zero attached hydrogens (tertiary/aromatic N) is 1. The summed E-state index contributed by atoms with van der Waals surface area (Å²) >= 11 is 0. The van der Waals surface area contributed by atoms with E-state index in [1.165, 1.54) is 4.90 Å². The van der Waals surface area contributed by atoms with E-state index in [2.05, 4.69) is 5.32 Å². The van der Waals surface area contributed by atoms with Gasteiger partial charge in [0.05, 0.1) is 0 Å². The molecule has 1 fully saturated rings. The number of nitrogens with one attached hydrogen (secondary N) is 1. The Morgan fingerprint density at radius 3 is 2.14 bits per heavy atom. The van der Waals surface area contributed by atoms with Gasteiger partial charge in [0.2, 0.25) is 0 Å². The summed E-state index contributed by atoms with van der Waals surface area (Å²) in [6, 6.07) is 11.3. The Labute approximate surface area is 129 Å². The Morgan fingerprint density at radius 2 is 1.55 bits per heavy atom. The molecular formula is C18H18N2O2. The lowest BCUT2D eigenvalue weighted by molar-refractivity contribution is 0.0575. The summed E-state index contributed by atoms with van der Waals surface area (Å²) in [6.45, 7) is 2.46. The molecule has 2 aliphatic rings. The number of carbonyl (C=O) groups is 2. The van der Waals surface area contributed by atoms with Crippen LogP contribution in [0.5, 0.6) is 0 Å². The fourth-order valence-corrected chi connectivity index (χ4v) is 3.57. The molecule has 2 amide bonds. The summed E-state index contributed by atoms with van der Waals surface area (Å²) in [5.74, 6) is 0.110. The van der Waals surface area contributed by atoms with Gasteiger partial charge in [0.15, 0.2) is 0 Å². The zero-order valence-electron chi connectivity index (χ0n) is 12.3. The summed E-state index contributed by atoms with van der Waals surface area (Å²) in [4.78, 5) is 27.0. The van der Waals surface area contributed by atoms with Crippen LogP contribution in [0.3, 0.4) is 0 Å². The van der Waals surface area contributed by atoms with E-state index in [9.17, 15) is 9.59 Å². The second kappa shape index (κ2) is 5.21. The second-order valence-electron chi connectivity index (χ2n) is 6.12. The third-order valence-corrected chi connectivity index (χ3v) is 4.76. The van der Waals surface area contributed by atoms with E-state index in [1.807, 2.05) is 36.4 Å². The molecule has 0 bridgehead atoms. The molecule has 1 saturated heterocycles. The smallest absolute Gasteiger partial charge is 0.261 e. The number of amides is 2. The van der Waals surface area contributed by atoms with Crippen molar-refractivity contribution >= 4 is 22.6 Å². The standard InChI is InChI=1S/C18H18N2O2/c21-17-14-5-1-3-13-4-2-6-15(16(13)14)18(22)20(17)11-12-7-9-19-10-8-12/h1-6,12,19H,7-11H2. The molecule has 0 aliphatic carbocycles. The van der Waals surface area contributed by atoms with E-state index in [0.29, 0.717) is 23.6 Å². The van der Waals surface area contributed by atoms with E-state index in [-0.39, 0.29) is 11.8 Å². The van der Waals surface area contributed by atoms with E-state index >= 15 is 0 Å². The lowest BCUT2D eigenvalue weighted by Gasteiger charge is -2.32. The van der Waals surface area contributed by atoms with Crippen molar-refractivity contribution in [3.63, 3.8) is 0 Å². The van der Waals surface area contributed by atoms with Crippen LogP contribution in [0, 0.1) is 5.92 Å². The van der Waals surface area contributed by atoms with Crippen molar-refractivity contribution in [1.82, 2.24) is 10.2 Å². The van der Waals surface area contributed by atoms with Gasteiger partial charge in [-0.2, -0.15) is 0 Å². The van der Waals surface area contributed by atoms with Gasteiger partial charge in [-0.05, 0) is 49.4 Å². The van der Waals surface area contributed by atoms with Crippen LogP contribution in [0.1, 0.15) is 33.6 Å². The number of rotatable bonds is 2. The van der Waals surface area contributed by atoms with Gasteiger partial charge >= 0.3 is 0 Å². The number of benzene rings is 2. The van der Waals surface area contributed by atoms with Crippen molar-refractivity contribution in [3.05, 3.63) is 47.5 Å². The van der Waals surface area contributed by atoms with Crippen LogP contribution in [-0.4, -0.2) is 36.3 Å². The molecule has 2 aromatic carbocycles. The second-order valence-corrected chi connectivity index (χ2v) is 6.12. The van der Waals surface area contributed by atoms with Crippen LogP contribution in [-0.2, 0) is 0 Å². The SMILES string of the molecule is O=C1c2cccc3cccc(c23)C(=O)N1CC1CCNCC1. The molecule has 0 radical (unpaired) electrons. The number of carbonyl (C=O) groups excluding carboxylic acids is 2. The maximum absolute atomic E-state index is 12.8. The van der Waals surface area contributed by atoms with Crippen LogP contribution < -0.4 is 5.32 Å².